The van der Waals surface area contributed by atoms with Gasteiger partial charge in [0.05, 0.1) is 19.8 Å². The third kappa shape index (κ3) is 5.93. The van der Waals surface area contributed by atoms with E-state index >= 15 is 0 Å². The molecule has 0 bridgehead atoms. The minimum absolute atomic E-state index is 0.174. The first kappa shape index (κ1) is 17.8. The van der Waals surface area contributed by atoms with Crippen LogP contribution in [0.25, 0.3) is 0 Å². The Morgan fingerprint density at radius 3 is 2.58 bits per heavy atom. The third-order valence-corrected chi connectivity index (χ3v) is 3.36. The molecule has 0 fully saturated rings. The van der Waals surface area contributed by atoms with Crippen LogP contribution in [0, 0.1) is 0 Å². The summed E-state index contributed by atoms with van der Waals surface area (Å²) < 4.78 is 10.7. The fraction of sp³-hybridized carbons (Fsp3) is 0.316. The van der Waals surface area contributed by atoms with Gasteiger partial charge in [-0.25, -0.2) is 4.79 Å². The summed E-state index contributed by atoms with van der Waals surface area (Å²) in [5, 5.41) is 5.66. The van der Waals surface area contributed by atoms with Crippen LogP contribution in [0.3, 0.4) is 0 Å². The first-order chi connectivity index (χ1) is 11.6. The minimum Gasteiger partial charge on any atom is -0.497 e. The van der Waals surface area contributed by atoms with Crippen LogP contribution in [0.15, 0.2) is 48.5 Å². The van der Waals surface area contributed by atoms with Crippen molar-refractivity contribution in [3.63, 3.8) is 0 Å². The molecule has 5 heteroatoms. The largest absolute Gasteiger partial charge is 0.497 e. The first-order valence-corrected chi connectivity index (χ1v) is 7.95. The molecule has 2 N–H and O–H groups in total. The summed E-state index contributed by atoms with van der Waals surface area (Å²) >= 11 is 0. The molecule has 0 aliphatic rings. The molecule has 2 amide bonds. The number of rotatable bonds is 7. The topological polar surface area (TPSA) is 59.6 Å². The molecule has 0 saturated heterocycles. The van der Waals surface area contributed by atoms with Crippen LogP contribution in [-0.4, -0.2) is 19.2 Å². The molecule has 0 radical (unpaired) electrons. The predicted octanol–water partition coefficient (Wildman–Crippen LogP) is 3.94. The van der Waals surface area contributed by atoms with Gasteiger partial charge in [0.25, 0.3) is 0 Å². The average molecular weight is 328 g/mol. The van der Waals surface area contributed by atoms with Gasteiger partial charge in [-0.2, -0.15) is 0 Å². The molecule has 0 saturated carbocycles. The van der Waals surface area contributed by atoms with Crippen LogP contribution in [0.4, 0.5) is 10.5 Å². The molecule has 0 aromatic heterocycles. The van der Waals surface area contributed by atoms with E-state index < -0.39 is 0 Å². The Labute approximate surface area is 143 Å². The van der Waals surface area contributed by atoms with Crippen molar-refractivity contribution >= 4 is 11.7 Å². The molecule has 24 heavy (non-hydrogen) atoms. The Balaban J connectivity index is 1.86. The van der Waals surface area contributed by atoms with E-state index in [0.29, 0.717) is 13.2 Å². The molecule has 2 aromatic carbocycles. The standard InChI is InChI=1S/C19H24N2O3/c1-14(2)24-13-16-7-4-8-17(10-16)21-19(22)20-12-15-6-5-9-18(11-15)23-3/h4-11,14H,12-13H2,1-3H3,(H2,20,21,22). The monoisotopic (exact) mass is 328 g/mol. The quantitative estimate of drug-likeness (QED) is 0.809. The van der Waals surface area contributed by atoms with E-state index in [1.807, 2.05) is 62.4 Å². The van der Waals surface area contributed by atoms with Crippen molar-refractivity contribution in [2.75, 3.05) is 12.4 Å². The molecule has 0 spiro atoms. The highest BCUT2D eigenvalue weighted by molar-refractivity contribution is 5.89. The molecule has 0 heterocycles. The smallest absolute Gasteiger partial charge is 0.319 e. The van der Waals surface area contributed by atoms with Crippen LogP contribution in [0.1, 0.15) is 25.0 Å². The maximum atomic E-state index is 12.0. The zero-order valence-corrected chi connectivity index (χ0v) is 14.3. The van der Waals surface area contributed by atoms with Crippen LogP contribution in [0.2, 0.25) is 0 Å². The first-order valence-electron chi connectivity index (χ1n) is 7.95. The highest BCUT2D eigenvalue weighted by atomic mass is 16.5. The zero-order chi connectivity index (χ0) is 17.4. The van der Waals surface area contributed by atoms with Gasteiger partial charge in [-0.05, 0) is 49.2 Å². The van der Waals surface area contributed by atoms with Gasteiger partial charge in [-0.1, -0.05) is 24.3 Å². The molecule has 128 valence electrons. The molecule has 2 rings (SSSR count). The van der Waals surface area contributed by atoms with Crippen molar-refractivity contribution in [1.29, 1.82) is 0 Å². The molecule has 2 aromatic rings. The number of hydrogen-bond acceptors (Lipinski definition) is 3. The maximum absolute atomic E-state index is 12.0. The van der Waals surface area contributed by atoms with Gasteiger partial charge in [-0.15, -0.1) is 0 Å². The zero-order valence-electron chi connectivity index (χ0n) is 14.3. The van der Waals surface area contributed by atoms with Gasteiger partial charge in [0.2, 0.25) is 0 Å². The fourth-order valence-corrected chi connectivity index (χ4v) is 2.14. The van der Waals surface area contributed by atoms with Gasteiger partial charge in [0, 0.05) is 12.2 Å². The van der Waals surface area contributed by atoms with Gasteiger partial charge in [-0.3, -0.25) is 0 Å². The van der Waals surface area contributed by atoms with Crippen LogP contribution >= 0.6 is 0 Å². The number of methoxy groups -OCH3 is 1. The number of nitrogens with one attached hydrogen (secondary N) is 2. The Hall–Kier alpha value is -2.53. The molecule has 0 atom stereocenters. The molecule has 0 aliphatic heterocycles. The number of carbonyl (C=O) groups excluding carboxylic acids is 1. The van der Waals surface area contributed by atoms with Crippen molar-refractivity contribution in [3.05, 3.63) is 59.7 Å². The Bertz CT molecular complexity index is 671. The van der Waals surface area contributed by atoms with Gasteiger partial charge in [0.15, 0.2) is 0 Å². The molecular weight excluding hydrogens is 304 g/mol. The van der Waals surface area contributed by atoms with Gasteiger partial charge < -0.3 is 20.1 Å². The highest BCUT2D eigenvalue weighted by Gasteiger charge is 2.04. The number of benzene rings is 2. The maximum Gasteiger partial charge on any atom is 0.319 e. The number of ether oxygens (including phenoxy) is 2. The van der Waals surface area contributed by atoms with E-state index in [1.165, 1.54) is 0 Å². The van der Waals surface area contributed by atoms with Crippen LogP contribution in [0.5, 0.6) is 5.75 Å². The Morgan fingerprint density at radius 2 is 1.83 bits per heavy atom. The number of urea groups is 1. The SMILES string of the molecule is COc1cccc(CNC(=O)Nc2cccc(COC(C)C)c2)c1. The lowest BCUT2D eigenvalue weighted by molar-refractivity contribution is 0.0657. The predicted molar refractivity (Wildman–Crippen MR) is 95.2 cm³/mol. The lowest BCUT2D eigenvalue weighted by atomic mass is 10.2. The van der Waals surface area contributed by atoms with E-state index in [-0.39, 0.29) is 12.1 Å². The third-order valence-electron chi connectivity index (χ3n) is 3.36. The number of hydrogen-bond donors (Lipinski definition) is 2. The van der Waals surface area contributed by atoms with Gasteiger partial charge in [0.1, 0.15) is 5.75 Å². The second-order valence-electron chi connectivity index (χ2n) is 5.72. The van der Waals surface area contributed by atoms with E-state index in [9.17, 15) is 4.79 Å². The Morgan fingerprint density at radius 1 is 1.08 bits per heavy atom. The van der Waals surface area contributed by atoms with Crippen molar-refractivity contribution in [1.82, 2.24) is 5.32 Å². The Kier molecular flexibility index (Phi) is 6.63. The summed E-state index contributed by atoms with van der Waals surface area (Å²) in [4.78, 5) is 12.0. The number of amides is 2. The normalized spacial score (nSPS) is 10.5. The second-order valence-corrected chi connectivity index (χ2v) is 5.72. The summed E-state index contributed by atoms with van der Waals surface area (Å²) in [6.45, 7) is 4.94. The van der Waals surface area contributed by atoms with Crippen molar-refractivity contribution in [2.24, 2.45) is 0 Å². The molecule has 0 unspecified atom stereocenters. The number of anilines is 1. The van der Waals surface area contributed by atoms with E-state index in [1.54, 1.807) is 7.11 Å². The lowest BCUT2D eigenvalue weighted by Gasteiger charge is -2.11. The minimum atomic E-state index is -0.250. The molecule has 0 aliphatic carbocycles. The summed E-state index contributed by atoms with van der Waals surface area (Å²) in [6.07, 6.45) is 0.174. The van der Waals surface area contributed by atoms with E-state index in [2.05, 4.69) is 10.6 Å². The molecular formula is C19H24N2O3. The van der Waals surface area contributed by atoms with Crippen molar-refractivity contribution < 1.29 is 14.3 Å². The fourth-order valence-electron chi connectivity index (χ4n) is 2.14. The summed E-state index contributed by atoms with van der Waals surface area (Å²) in [5.41, 5.74) is 2.74. The van der Waals surface area contributed by atoms with Gasteiger partial charge >= 0.3 is 6.03 Å². The highest BCUT2D eigenvalue weighted by Crippen LogP contribution is 2.14. The van der Waals surface area contributed by atoms with E-state index in [4.69, 9.17) is 9.47 Å². The van der Waals surface area contributed by atoms with Crippen LogP contribution in [-0.2, 0) is 17.9 Å². The summed E-state index contributed by atoms with van der Waals surface area (Å²) in [5.74, 6) is 0.771. The second kappa shape index (κ2) is 8.93. The summed E-state index contributed by atoms with van der Waals surface area (Å²) in [7, 11) is 1.62. The summed E-state index contributed by atoms with van der Waals surface area (Å²) in [6, 6.07) is 15.0. The van der Waals surface area contributed by atoms with Crippen molar-refractivity contribution in [3.8, 4) is 5.75 Å². The van der Waals surface area contributed by atoms with Crippen LogP contribution < -0.4 is 15.4 Å². The molecule has 5 nitrogen and oxygen atoms in total. The number of carbonyl (C=O) groups is 1. The van der Waals surface area contributed by atoms with E-state index in [0.717, 1.165) is 22.6 Å². The van der Waals surface area contributed by atoms with Crippen molar-refractivity contribution in [2.45, 2.75) is 33.1 Å². The average Bonchev–Trinajstić information content (AvgIpc) is 2.59. The lowest BCUT2D eigenvalue weighted by Crippen LogP contribution is -2.28.